The van der Waals surface area contributed by atoms with Gasteiger partial charge in [-0.25, -0.2) is 0 Å². The van der Waals surface area contributed by atoms with Gasteiger partial charge in [0.2, 0.25) is 11.8 Å². The standard InChI is InChI=1S/C34H45N5O4/c1-24(2)20-36-15-17-37(18-16-36)30-9-4-3-7-25(30)21-38-14-6-5-8-27(38)23-43-28-10-11-29-26(19-28)22-39(34(29)42)31-12-13-32(40)35-33(31)41/h3-4,7,9-11,19,24,27,31H,5-6,8,12-18,20-23H2,1-2H3,(H,35,40,41). The third kappa shape index (κ3) is 6.73. The number of nitrogens with one attached hydrogen (secondary N) is 1. The maximum atomic E-state index is 13.1. The summed E-state index contributed by atoms with van der Waals surface area (Å²) in [7, 11) is 0. The highest BCUT2D eigenvalue weighted by Gasteiger charge is 2.39. The number of nitrogens with zero attached hydrogens (tertiary/aromatic N) is 4. The lowest BCUT2D eigenvalue weighted by molar-refractivity contribution is -0.136. The highest BCUT2D eigenvalue weighted by molar-refractivity contribution is 6.05. The summed E-state index contributed by atoms with van der Waals surface area (Å²) < 4.78 is 6.37. The van der Waals surface area contributed by atoms with Gasteiger partial charge in [0, 0.05) is 69.5 Å². The first-order valence-corrected chi connectivity index (χ1v) is 16.1. The molecule has 0 saturated carbocycles. The largest absolute Gasteiger partial charge is 0.492 e. The van der Waals surface area contributed by atoms with Crippen molar-refractivity contribution in [2.75, 3.05) is 50.8 Å². The molecule has 2 aromatic rings. The summed E-state index contributed by atoms with van der Waals surface area (Å²) in [4.78, 5) is 46.3. The summed E-state index contributed by atoms with van der Waals surface area (Å²) in [6, 6.07) is 14.2. The number of imide groups is 1. The number of ether oxygens (including phenoxy) is 1. The smallest absolute Gasteiger partial charge is 0.255 e. The lowest BCUT2D eigenvalue weighted by atomic mass is 10.0. The summed E-state index contributed by atoms with van der Waals surface area (Å²) in [6.07, 6.45) is 4.11. The van der Waals surface area contributed by atoms with E-state index in [1.165, 1.54) is 30.6 Å². The molecule has 9 nitrogen and oxygen atoms in total. The zero-order valence-corrected chi connectivity index (χ0v) is 25.6. The number of benzene rings is 2. The van der Waals surface area contributed by atoms with Crippen molar-refractivity contribution in [1.82, 2.24) is 20.0 Å². The van der Waals surface area contributed by atoms with Crippen LogP contribution in [0.3, 0.4) is 0 Å². The van der Waals surface area contributed by atoms with Crippen LogP contribution in [0.1, 0.15) is 67.4 Å². The summed E-state index contributed by atoms with van der Waals surface area (Å²) >= 11 is 0. The number of carbonyl (C=O) groups is 3. The van der Waals surface area contributed by atoms with Crippen LogP contribution in [0, 0.1) is 5.92 Å². The normalized spacial score (nSPS) is 23.6. The third-order valence-electron chi connectivity index (χ3n) is 9.39. The molecule has 43 heavy (non-hydrogen) atoms. The molecule has 230 valence electrons. The fourth-order valence-electron chi connectivity index (χ4n) is 7.15. The van der Waals surface area contributed by atoms with Crippen molar-refractivity contribution in [3.8, 4) is 5.75 Å². The fourth-order valence-corrected chi connectivity index (χ4v) is 7.15. The first-order valence-electron chi connectivity index (χ1n) is 16.1. The Balaban J connectivity index is 1.08. The predicted molar refractivity (Wildman–Crippen MR) is 166 cm³/mol. The molecule has 3 saturated heterocycles. The molecule has 2 atom stereocenters. The second-order valence-corrected chi connectivity index (χ2v) is 13.0. The van der Waals surface area contributed by atoms with Crippen LogP contribution < -0.4 is 15.0 Å². The summed E-state index contributed by atoms with van der Waals surface area (Å²) in [5.41, 5.74) is 4.23. The van der Waals surface area contributed by atoms with Gasteiger partial charge in [-0.1, -0.05) is 38.5 Å². The van der Waals surface area contributed by atoms with Crippen molar-refractivity contribution >= 4 is 23.4 Å². The average Bonchev–Trinajstić information content (AvgIpc) is 3.32. The van der Waals surface area contributed by atoms with Gasteiger partial charge in [0.05, 0.1) is 0 Å². The van der Waals surface area contributed by atoms with E-state index in [-0.39, 0.29) is 24.1 Å². The molecule has 2 aromatic carbocycles. The number of fused-ring (bicyclic) bond motifs is 1. The van der Waals surface area contributed by atoms with Crippen molar-refractivity contribution in [1.29, 1.82) is 0 Å². The van der Waals surface area contributed by atoms with Crippen LogP contribution in [0.15, 0.2) is 42.5 Å². The molecule has 3 amide bonds. The first kappa shape index (κ1) is 29.6. The minimum atomic E-state index is -0.607. The fraction of sp³-hybridized carbons (Fsp3) is 0.559. The van der Waals surface area contributed by atoms with Crippen LogP contribution in [0.25, 0.3) is 0 Å². The van der Waals surface area contributed by atoms with E-state index < -0.39 is 6.04 Å². The number of piperazine rings is 1. The van der Waals surface area contributed by atoms with Gasteiger partial charge in [-0.3, -0.25) is 29.5 Å². The molecule has 4 heterocycles. The Hall–Kier alpha value is -3.43. The summed E-state index contributed by atoms with van der Waals surface area (Å²) in [5.74, 6) is 0.628. The quantitative estimate of drug-likeness (QED) is 0.449. The van der Waals surface area contributed by atoms with Gasteiger partial charge in [-0.05, 0) is 67.1 Å². The Morgan fingerprint density at radius 3 is 2.56 bits per heavy atom. The van der Waals surface area contributed by atoms with Gasteiger partial charge in [0.25, 0.3) is 5.91 Å². The van der Waals surface area contributed by atoms with Crippen LogP contribution in [0.4, 0.5) is 5.69 Å². The topological polar surface area (TPSA) is 85.4 Å². The SMILES string of the molecule is CC(C)CN1CCN(c2ccccc2CN2CCCCC2COc2ccc3c(c2)CN(C2CCC(=O)NC2=O)C3=O)CC1. The Kier molecular flexibility index (Phi) is 9.00. The van der Waals surface area contributed by atoms with E-state index in [4.69, 9.17) is 4.74 Å². The lowest BCUT2D eigenvalue weighted by Gasteiger charge is -2.39. The van der Waals surface area contributed by atoms with E-state index in [0.29, 0.717) is 37.1 Å². The van der Waals surface area contributed by atoms with Crippen molar-refractivity contribution < 1.29 is 19.1 Å². The van der Waals surface area contributed by atoms with E-state index >= 15 is 0 Å². The highest BCUT2D eigenvalue weighted by Crippen LogP contribution is 2.31. The molecule has 4 aliphatic heterocycles. The van der Waals surface area contributed by atoms with E-state index in [0.717, 1.165) is 57.0 Å². The van der Waals surface area contributed by atoms with Crippen LogP contribution >= 0.6 is 0 Å². The molecule has 4 aliphatic rings. The molecule has 9 heteroatoms. The van der Waals surface area contributed by atoms with Gasteiger partial charge in [0.15, 0.2) is 0 Å². The number of rotatable bonds is 9. The van der Waals surface area contributed by atoms with Crippen molar-refractivity contribution in [2.24, 2.45) is 5.92 Å². The third-order valence-corrected chi connectivity index (χ3v) is 9.39. The number of hydrogen-bond acceptors (Lipinski definition) is 7. The van der Waals surface area contributed by atoms with Crippen LogP contribution in [0.5, 0.6) is 5.75 Å². The molecule has 0 spiro atoms. The van der Waals surface area contributed by atoms with Crippen LogP contribution in [-0.4, -0.2) is 90.4 Å². The number of piperidine rings is 2. The number of anilines is 1. The maximum Gasteiger partial charge on any atom is 0.255 e. The molecule has 3 fully saturated rings. The molecule has 0 aliphatic carbocycles. The minimum absolute atomic E-state index is 0.158. The maximum absolute atomic E-state index is 13.1. The van der Waals surface area contributed by atoms with Crippen LogP contribution in [-0.2, 0) is 22.7 Å². The van der Waals surface area contributed by atoms with Crippen molar-refractivity contribution in [2.45, 2.75) is 71.1 Å². The second-order valence-electron chi connectivity index (χ2n) is 13.0. The van der Waals surface area contributed by atoms with Gasteiger partial charge >= 0.3 is 0 Å². The number of likely N-dealkylation sites (tertiary alicyclic amines) is 1. The zero-order chi connectivity index (χ0) is 29.9. The van der Waals surface area contributed by atoms with Gasteiger partial charge in [-0.2, -0.15) is 0 Å². The molecule has 1 N–H and O–H groups in total. The average molecular weight is 588 g/mol. The monoisotopic (exact) mass is 587 g/mol. The zero-order valence-electron chi connectivity index (χ0n) is 25.6. The Morgan fingerprint density at radius 2 is 1.77 bits per heavy atom. The Bertz CT molecular complexity index is 1340. The van der Waals surface area contributed by atoms with Gasteiger partial charge in [-0.15, -0.1) is 0 Å². The van der Waals surface area contributed by atoms with Gasteiger partial charge < -0.3 is 14.5 Å². The molecule has 0 bridgehead atoms. The Labute approximate surface area is 255 Å². The van der Waals surface area contributed by atoms with Gasteiger partial charge in [0.1, 0.15) is 18.4 Å². The number of para-hydroxylation sites is 1. The highest BCUT2D eigenvalue weighted by atomic mass is 16.5. The predicted octanol–water partition coefficient (Wildman–Crippen LogP) is 3.66. The first-order chi connectivity index (χ1) is 20.9. The van der Waals surface area contributed by atoms with E-state index in [1.807, 2.05) is 18.2 Å². The van der Waals surface area contributed by atoms with E-state index in [9.17, 15) is 14.4 Å². The van der Waals surface area contributed by atoms with Crippen molar-refractivity contribution in [3.63, 3.8) is 0 Å². The minimum Gasteiger partial charge on any atom is -0.492 e. The number of amides is 3. The van der Waals surface area contributed by atoms with E-state index in [2.05, 4.69) is 58.1 Å². The molecular formula is C34H45N5O4. The molecule has 0 aromatic heterocycles. The van der Waals surface area contributed by atoms with Crippen LogP contribution in [0.2, 0.25) is 0 Å². The molecule has 2 unspecified atom stereocenters. The molecule has 0 radical (unpaired) electrons. The molecular weight excluding hydrogens is 542 g/mol. The summed E-state index contributed by atoms with van der Waals surface area (Å²) in [6.45, 7) is 13.1. The second kappa shape index (κ2) is 13.1. The molecule has 6 rings (SSSR count). The Morgan fingerprint density at radius 1 is 0.953 bits per heavy atom. The lowest BCUT2D eigenvalue weighted by Crippen LogP contribution is -2.52. The van der Waals surface area contributed by atoms with E-state index in [1.54, 1.807) is 4.90 Å². The number of hydrogen-bond donors (Lipinski definition) is 1. The van der Waals surface area contributed by atoms with Crippen molar-refractivity contribution in [3.05, 3.63) is 59.2 Å². The number of carbonyl (C=O) groups excluding carboxylic acids is 3. The summed E-state index contributed by atoms with van der Waals surface area (Å²) in [5, 5.41) is 2.37.